The first-order valence-electron chi connectivity index (χ1n) is 11.8. The second kappa shape index (κ2) is 12.6. The maximum Gasteiger partial charge on any atom is 0.341 e. The van der Waals surface area contributed by atoms with E-state index in [1.165, 1.54) is 24.7 Å². The zero-order valence-corrected chi connectivity index (χ0v) is 22.4. The van der Waals surface area contributed by atoms with Crippen LogP contribution in [0.25, 0.3) is 0 Å². The molecule has 0 aliphatic heterocycles. The van der Waals surface area contributed by atoms with Gasteiger partial charge in [-0.3, -0.25) is 9.59 Å². The lowest BCUT2D eigenvalue weighted by atomic mass is 9.95. The van der Waals surface area contributed by atoms with Crippen LogP contribution in [0.1, 0.15) is 44.8 Å². The number of ether oxygens (including phenoxy) is 3. The van der Waals surface area contributed by atoms with E-state index in [9.17, 15) is 14.4 Å². The summed E-state index contributed by atoms with van der Waals surface area (Å²) in [5, 5.41) is 7.24. The van der Waals surface area contributed by atoms with Crippen LogP contribution in [0.15, 0.2) is 47.6 Å². The minimum atomic E-state index is -0.973. The summed E-state index contributed by atoms with van der Waals surface area (Å²) in [6.07, 6.45) is 4.91. The SMILES string of the molecule is COC(=O)c1c(NC(=O)C(=O)N/N=C/c2ccc(OC)c(COc3ccccc3Cl)c2)sc2c1CCCC2. The van der Waals surface area contributed by atoms with E-state index in [2.05, 4.69) is 15.8 Å². The third kappa shape index (κ3) is 6.32. The van der Waals surface area contributed by atoms with Gasteiger partial charge >= 0.3 is 17.8 Å². The minimum Gasteiger partial charge on any atom is -0.496 e. The number of rotatable bonds is 8. The Hall–Kier alpha value is -3.89. The Bertz CT molecular complexity index is 1390. The van der Waals surface area contributed by atoms with Gasteiger partial charge in [0.2, 0.25) is 0 Å². The third-order valence-electron chi connectivity index (χ3n) is 5.90. The van der Waals surface area contributed by atoms with E-state index in [-0.39, 0.29) is 6.61 Å². The normalized spacial score (nSPS) is 12.5. The molecule has 1 aromatic heterocycles. The smallest absolute Gasteiger partial charge is 0.341 e. The van der Waals surface area contributed by atoms with E-state index in [4.69, 9.17) is 25.8 Å². The summed E-state index contributed by atoms with van der Waals surface area (Å²) >= 11 is 7.45. The van der Waals surface area contributed by atoms with Gasteiger partial charge in [0, 0.05) is 10.4 Å². The van der Waals surface area contributed by atoms with Gasteiger partial charge in [-0.2, -0.15) is 5.10 Å². The van der Waals surface area contributed by atoms with Crippen LogP contribution in [0, 0.1) is 0 Å². The lowest BCUT2D eigenvalue weighted by molar-refractivity contribution is -0.136. The van der Waals surface area contributed by atoms with Crippen LogP contribution in [0.2, 0.25) is 5.02 Å². The van der Waals surface area contributed by atoms with Gasteiger partial charge in [0.05, 0.1) is 31.0 Å². The zero-order chi connectivity index (χ0) is 27.1. The highest BCUT2D eigenvalue weighted by Crippen LogP contribution is 2.38. The number of hydrogen-bond donors (Lipinski definition) is 2. The first kappa shape index (κ1) is 27.2. The molecule has 0 saturated carbocycles. The van der Waals surface area contributed by atoms with Gasteiger partial charge in [-0.15, -0.1) is 11.3 Å². The fourth-order valence-electron chi connectivity index (χ4n) is 4.06. The summed E-state index contributed by atoms with van der Waals surface area (Å²) < 4.78 is 16.1. The van der Waals surface area contributed by atoms with Crippen LogP contribution in [0.4, 0.5) is 5.00 Å². The van der Waals surface area contributed by atoms with Crippen molar-refractivity contribution in [2.75, 3.05) is 19.5 Å². The van der Waals surface area contributed by atoms with Crippen molar-refractivity contribution in [1.29, 1.82) is 0 Å². The number of fused-ring (bicyclic) bond motifs is 1. The molecule has 1 aliphatic rings. The molecule has 0 bridgehead atoms. The van der Waals surface area contributed by atoms with Crippen LogP contribution in [-0.4, -0.2) is 38.2 Å². The monoisotopic (exact) mass is 555 g/mol. The number of benzene rings is 2. The van der Waals surface area contributed by atoms with Crippen molar-refractivity contribution in [3.63, 3.8) is 0 Å². The molecule has 0 fully saturated rings. The number of thiophene rings is 1. The van der Waals surface area contributed by atoms with E-state index in [0.29, 0.717) is 32.6 Å². The van der Waals surface area contributed by atoms with E-state index < -0.39 is 17.8 Å². The number of amides is 2. The van der Waals surface area contributed by atoms with Crippen LogP contribution < -0.4 is 20.2 Å². The highest BCUT2D eigenvalue weighted by Gasteiger charge is 2.28. The Kier molecular flexibility index (Phi) is 8.98. The van der Waals surface area contributed by atoms with E-state index in [0.717, 1.165) is 41.7 Å². The van der Waals surface area contributed by atoms with Crippen molar-refractivity contribution >= 4 is 51.9 Å². The molecule has 38 heavy (non-hydrogen) atoms. The molecule has 3 aromatic rings. The highest BCUT2D eigenvalue weighted by molar-refractivity contribution is 7.17. The molecule has 1 heterocycles. The van der Waals surface area contributed by atoms with E-state index >= 15 is 0 Å². The standard InChI is InChI=1S/C27H26ClN3O6S/c1-35-20-12-11-16(13-17(20)15-37-21-9-5-4-8-19(21)28)14-29-31-25(33)24(32)30-26-23(27(34)36-2)18-7-3-6-10-22(18)38-26/h4-5,8-9,11-14H,3,6-7,10,15H2,1-2H3,(H,30,32)(H,31,33)/b29-14+. The fourth-order valence-corrected chi connectivity index (χ4v) is 5.52. The number of carbonyl (C=O) groups excluding carboxylic acids is 3. The largest absolute Gasteiger partial charge is 0.496 e. The number of hydrogen-bond acceptors (Lipinski definition) is 8. The van der Waals surface area contributed by atoms with Gasteiger partial charge in [-0.05, 0) is 67.1 Å². The number of hydrazone groups is 1. The Morgan fingerprint density at radius 2 is 1.84 bits per heavy atom. The second-order valence-electron chi connectivity index (χ2n) is 8.35. The summed E-state index contributed by atoms with van der Waals surface area (Å²) in [6, 6.07) is 12.4. The summed E-state index contributed by atoms with van der Waals surface area (Å²) in [7, 11) is 2.84. The average molecular weight is 556 g/mol. The zero-order valence-electron chi connectivity index (χ0n) is 20.8. The fraction of sp³-hybridized carbons (Fsp3) is 0.259. The average Bonchev–Trinajstić information content (AvgIpc) is 3.30. The van der Waals surface area contributed by atoms with Crippen LogP contribution >= 0.6 is 22.9 Å². The maximum atomic E-state index is 12.5. The lowest BCUT2D eigenvalue weighted by Crippen LogP contribution is -2.32. The molecule has 0 radical (unpaired) electrons. The summed E-state index contributed by atoms with van der Waals surface area (Å²) in [5.74, 6) is -1.30. The number of aryl methyl sites for hydroxylation is 1. The molecular weight excluding hydrogens is 530 g/mol. The number of para-hydroxylation sites is 1. The summed E-state index contributed by atoms with van der Waals surface area (Å²) in [6.45, 7) is 0.191. The molecule has 0 unspecified atom stereocenters. The van der Waals surface area contributed by atoms with E-state index in [1.54, 1.807) is 37.4 Å². The topological polar surface area (TPSA) is 115 Å². The molecular formula is C27H26ClN3O6S. The maximum absolute atomic E-state index is 12.5. The molecule has 2 N–H and O–H groups in total. The molecule has 1 aliphatic carbocycles. The molecule has 2 aromatic carbocycles. The molecule has 9 nitrogen and oxygen atoms in total. The number of halogens is 1. The summed E-state index contributed by atoms with van der Waals surface area (Å²) in [5.41, 5.74) is 4.80. The Morgan fingerprint density at radius 1 is 1.05 bits per heavy atom. The van der Waals surface area contributed by atoms with Gasteiger partial charge in [0.25, 0.3) is 0 Å². The first-order valence-corrected chi connectivity index (χ1v) is 13.0. The minimum absolute atomic E-state index is 0.191. The molecule has 11 heteroatoms. The van der Waals surface area contributed by atoms with Gasteiger partial charge in [-0.25, -0.2) is 10.2 Å². The van der Waals surface area contributed by atoms with Crippen molar-refractivity contribution in [3.05, 3.63) is 74.6 Å². The van der Waals surface area contributed by atoms with Gasteiger partial charge in [0.15, 0.2) is 0 Å². The van der Waals surface area contributed by atoms with Crippen LogP contribution in [-0.2, 0) is 33.8 Å². The van der Waals surface area contributed by atoms with Crippen molar-refractivity contribution in [2.45, 2.75) is 32.3 Å². The predicted octanol–water partition coefficient (Wildman–Crippen LogP) is 4.74. The molecule has 0 atom stereocenters. The predicted molar refractivity (Wildman–Crippen MR) is 145 cm³/mol. The Balaban J connectivity index is 1.40. The molecule has 0 spiro atoms. The van der Waals surface area contributed by atoms with E-state index in [1.807, 2.05) is 12.1 Å². The number of anilines is 1. The number of esters is 1. The second-order valence-corrected chi connectivity index (χ2v) is 9.86. The third-order valence-corrected chi connectivity index (χ3v) is 7.42. The molecule has 4 rings (SSSR count). The summed E-state index contributed by atoms with van der Waals surface area (Å²) in [4.78, 5) is 38.3. The van der Waals surface area contributed by atoms with Gasteiger partial charge in [-0.1, -0.05) is 23.7 Å². The lowest BCUT2D eigenvalue weighted by Gasteiger charge is -2.12. The number of nitrogens with one attached hydrogen (secondary N) is 2. The number of nitrogens with zero attached hydrogens (tertiary/aromatic N) is 1. The molecule has 2 amide bonds. The molecule has 198 valence electrons. The molecule has 0 saturated heterocycles. The van der Waals surface area contributed by atoms with Crippen molar-refractivity contribution in [1.82, 2.24) is 5.43 Å². The van der Waals surface area contributed by atoms with Crippen LogP contribution in [0.3, 0.4) is 0 Å². The number of methoxy groups -OCH3 is 2. The first-order chi connectivity index (χ1) is 18.4. The van der Waals surface area contributed by atoms with Crippen molar-refractivity contribution in [2.24, 2.45) is 5.10 Å². The van der Waals surface area contributed by atoms with Gasteiger partial charge < -0.3 is 19.5 Å². The van der Waals surface area contributed by atoms with Crippen molar-refractivity contribution in [3.8, 4) is 11.5 Å². The quantitative estimate of drug-likeness (QED) is 0.179. The van der Waals surface area contributed by atoms with Crippen LogP contribution in [0.5, 0.6) is 11.5 Å². The van der Waals surface area contributed by atoms with Gasteiger partial charge in [0.1, 0.15) is 23.1 Å². The van der Waals surface area contributed by atoms with Crippen molar-refractivity contribution < 1.29 is 28.6 Å². The Morgan fingerprint density at radius 3 is 2.61 bits per heavy atom. The Labute approximate surface area is 228 Å². The number of carbonyl (C=O) groups is 3. The highest BCUT2D eigenvalue weighted by atomic mass is 35.5.